The number of hydrogen-bond donors (Lipinski definition) is 2. The van der Waals surface area contributed by atoms with Crippen LogP contribution < -0.4 is 15.8 Å². The summed E-state index contributed by atoms with van der Waals surface area (Å²) in [6.07, 6.45) is 1.93. The number of nitrogens with zero attached hydrogens (tertiary/aromatic N) is 6. The normalized spacial score (nSPS) is 16.0. The number of halogens is 6. The van der Waals surface area contributed by atoms with Crippen LogP contribution in [0.15, 0.2) is 49.2 Å². The Hall–Kier alpha value is -4.04. The fourth-order valence-corrected chi connectivity index (χ4v) is 4.66. The number of alkyl halides is 5. The van der Waals surface area contributed by atoms with E-state index < -0.39 is 24.2 Å². The second-order valence-corrected chi connectivity index (χ2v) is 9.56. The van der Waals surface area contributed by atoms with E-state index in [0.29, 0.717) is 11.2 Å². The van der Waals surface area contributed by atoms with Crippen LogP contribution >= 0.6 is 11.6 Å². The summed E-state index contributed by atoms with van der Waals surface area (Å²) in [4.78, 5) is 18.1. The summed E-state index contributed by atoms with van der Waals surface area (Å²) in [5, 5.41) is 3.00. The molecular weight excluding hydrogens is 559 g/mol. The first kappa shape index (κ1) is 27.5. The largest absolute Gasteiger partial charge is 0.450 e. The number of nitrogens with two attached hydrogens (primary N) is 1. The van der Waals surface area contributed by atoms with Gasteiger partial charge >= 0.3 is 6.18 Å². The molecule has 0 aliphatic carbocycles. The van der Waals surface area contributed by atoms with Gasteiger partial charge in [0.2, 0.25) is 5.95 Å². The molecule has 0 saturated carbocycles. The number of aromatic nitrogens is 5. The molecule has 1 fully saturated rings. The van der Waals surface area contributed by atoms with Crippen molar-refractivity contribution in [2.75, 3.05) is 18.4 Å². The summed E-state index contributed by atoms with van der Waals surface area (Å²) in [6, 6.07) is 3.34. The predicted molar refractivity (Wildman–Crippen MR) is 138 cm³/mol. The van der Waals surface area contributed by atoms with Crippen LogP contribution in [0.2, 0.25) is 5.02 Å². The topological polar surface area (TPSA) is 107 Å². The van der Waals surface area contributed by atoms with Gasteiger partial charge in [0.05, 0.1) is 24.5 Å². The number of aryl methyl sites for hydroxylation is 1. The number of likely N-dealkylation sites (tertiary alicyclic amines) is 1. The van der Waals surface area contributed by atoms with Crippen molar-refractivity contribution in [3.8, 4) is 5.75 Å². The third-order valence-corrected chi connectivity index (χ3v) is 6.59. The van der Waals surface area contributed by atoms with Crippen molar-refractivity contribution < 1.29 is 26.7 Å². The quantitative estimate of drug-likeness (QED) is 0.223. The third kappa shape index (κ3) is 5.77. The molecule has 0 unspecified atom stereocenters. The van der Waals surface area contributed by atoms with E-state index in [9.17, 15) is 22.0 Å². The number of fused-ring (bicyclic) bond motifs is 1. The molecule has 1 aliphatic heterocycles. The maximum Gasteiger partial charge on any atom is 0.416 e. The zero-order chi connectivity index (χ0) is 28.7. The lowest BCUT2D eigenvalue weighted by Crippen LogP contribution is -2.25. The van der Waals surface area contributed by atoms with E-state index in [2.05, 4.69) is 25.3 Å². The molecule has 0 atom stereocenters. The van der Waals surface area contributed by atoms with Crippen LogP contribution in [0.3, 0.4) is 0 Å². The van der Waals surface area contributed by atoms with Crippen LogP contribution in [-0.2, 0) is 19.8 Å². The number of hydrogen-bond acceptors (Lipinski definition) is 8. The number of imidazole rings is 1. The number of anilines is 2. The predicted octanol–water partition coefficient (Wildman–Crippen LogP) is 5.35. The average molecular weight is 581 g/mol. The van der Waals surface area contributed by atoms with Gasteiger partial charge in [-0.3, -0.25) is 9.88 Å². The van der Waals surface area contributed by atoms with E-state index in [1.165, 1.54) is 46.5 Å². The van der Waals surface area contributed by atoms with Crippen molar-refractivity contribution in [1.29, 1.82) is 0 Å². The zero-order valence-electron chi connectivity index (χ0n) is 20.9. The number of rotatable bonds is 7. The maximum absolute atomic E-state index is 13.7. The molecular formula is C25H22ClF5N8O. The maximum atomic E-state index is 13.7. The Bertz CT molecular complexity index is 1580. The summed E-state index contributed by atoms with van der Waals surface area (Å²) in [5.41, 5.74) is 5.95. The van der Waals surface area contributed by atoms with Gasteiger partial charge in [-0.05, 0) is 23.8 Å². The second kappa shape index (κ2) is 10.5. The lowest BCUT2D eigenvalue weighted by molar-refractivity contribution is -0.137. The van der Waals surface area contributed by atoms with Gasteiger partial charge in [0.15, 0.2) is 17.2 Å². The van der Waals surface area contributed by atoms with E-state index in [1.54, 1.807) is 7.05 Å². The SMILES string of the molecule is Cn1c(Nc2cc(CN3CCC(F)(F)C3)cc(C(F)(F)F)c2)nc2ncc(OC(=CN)c3cnccn3)c(Cl)c21. The Balaban J connectivity index is 1.45. The second-order valence-electron chi connectivity index (χ2n) is 9.18. The van der Waals surface area contributed by atoms with Crippen molar-refractivity contribution in [2.45, 2.75) is 25.1 Å². The van der Waals surface area contributed by atoms with Gasteiger partial charge in [-0.1, -0.05) is 11.6 Å². The first-order valence-corrected chi connectivity index (χ1v) is 12.3. The summed E-state index contributed by atoms with van der Waals surface area (Å²) in [7, 11) is 1.60. The highest BCUT2D eigenvalue weighted by atomic mass is 35.5. The molecule has 0 spiro atoms. The molecule has 0 amide bonds. The minimum Gasteiger partial charge on any atom is -0.450 e. The van der Waals surface area contributed by atoms with Crippen LogP contribution in [0, 0.1) is 0 Å². The zero-order valence-corrected chi connectivity index (χ0v) is 21.6. The molecule has 9 nitrogen and oxygen atoms in total. The standard InChI is InChI=1S/C25H22ClF5N8O/c1-38-21-20(26)19(40-18(9-32)17-10-33-3-4-34-17)11-35-22(21)37-23(38)36-16-7-14(6-15(8-16)25(29,30)31)12-39-5-2-24(27,28)13-39/h3-4,6-11H,2,5,12-13,32H2,1H3,(H,35,36,37). The molecule has 1 aliphatic rings. The average Bonchev–Trinajstić information content (AvgIpc) is 3.41. The minimum atomic E-state index is -4.65. The molecule has 40 heavy (non-hydrogen) atoms. The van der Waals surface area contributed by atoms with Gasteiger partial charge in [0.1, 0.15) is 16.2 Å². The molecule has 4 heterocycles. The molecule has 0 bridgehead atoms. The molecule has 0 radical (unpaired) electrons. The summed E-state index contributed by atoms with van der Waals surface area (Å²) in [6.45, 7) is -0.486. The van der Waals surface area contributed by atoms with Gasteiger partial charge in [0, 0.05) is 50.8 Å². The van der Waals surface area contributed by atoms with E-state index in [-0.39, 0.29) is 58.9 Å². The highest BCUT2D eigenvalue weighted by Crippen LogP contribution is 2.37. The van der Waals surface area contributed by atoms with E-state index in [1.807, 2.05) is 0 Å². The molecule has 4 aromatic rings. The molecule has 3 aromatic heterocycles. The highest BCUT2D eigenvalue weighted by Gasteiger charge is 2.38. The van der Waals surface area contributed by atoms with Gasteiger partial charge in [-0.25, -0.2) is 18.7 Å². The van der Waals surface area contributed by atoms with Crippen LogP contribution in [0.1, 0.15) is 23.2 Å². The number of ether oxygens (including phenoxy) is 1. The fraction of sp³-hybridized carbons (Fsp3) is 0.280. The molecule has 3 N–H and O–H groups in total. The number of pyridine rings is 1. The Kier molecular flexibility index (Phi) is 7.23. The lowest BCUT2D eigenvalue weighted by Gasteiger charge is -2.18. The first-order valence-electron chi connectivity index (χ1n) is 11.9. The molecule has 210 valence electrons. The molecule has 5 rings (SSSR count). The number of nitrogens with one attached hydrogen (secondary N) is 1. The fourth-order valence-electron chi connectivity index (χ4n) is 4.36. The summed E-state index contributed by atoms with van der Waals surface area (Å²) in [5.74, 6) is -2.42. The molecule has 1 saturated heterocycles. The van der Waals surface area contributed by atoms with Crippen molar-refractivity contribution in [3.63, 3.8) is 0 Å². The Morgan fingerprint density at radius 3 is 2.65 bits per heavy atom. The lowest BCUT2D eigenvalue weighted by atomic mass is 10.1. The summed E-state index contributed by atoms with van der Waals surface area (Å²) >= 11 is 6.61. The van der Waals surface area contributed by atoms with Crippen LogP contribution in [0.5, 0.6) is 5.75 Å². The van der Waals surface area contributed by atoms with E-state index in [0.717, 1.165) is 12.1 Å². The summed E-state index contributed by atoms with van der Waals surface area (Å²) < 4.78 is 75.6. The Morgan fingerprint density at radius 1 is 1.20 bits per heavy atom. The highest BCUT2D eigenvalue weighted by molar-refractivity contribution is 6.36. The van der Waals surface area contributed by atoms with E-state index in [4.69, 9.17) is 22.1 Å². The van der Waals surface area contributed by atoms with Gasteiger partial charge in [0.25, 0.3) is 5.92 Å². The number of benzene rings is 1. The van der Waals surface area contributed by atoms with Crippen LogP contribution in [0.4, 0.5) is 33.6 Å². The van der Waals surface area contributed by atoms with E-state index >= 15 is 0 Å². The van der Waals surface area contributed by atoms with Crippen molar-refractivity contribution >= 4 is 40.2 Å². The smallest absolute Gasteiger partial charge is 0.416 e. The molecule has 15 heteroatoms. The van der Waals surface area contributed by atoms with Crippen molar-refractivity contribution in [3.05, 3.63) is 71.0 Å². The van der Waals surface area contributed by atoms with Crippen molar-refractivity contribution in [1.82, 2.24) is 29.4 Å². The Morgan fingerprint density at radius 2 is 2.00 bits per heavy atom. The van der Waals surface area contributed by atoms with Crippen molar-refractivity contribution in [2.24, 2.45) is 12.8 Å². The van der Waals surface area contributed by atoms with Gasteiger partial charge in [-0.15, -0.1) is 0 Å². The van der Waals surface area contributed by atoms with Gasteiger partial charge < -0.3 is 20.4 Å². The Labute approximate surface area is 229 Å². The minimum absolute atomic E-state index is 0.0619. The van der Waals surface area contributed by atoms with Crippen LogP contribution in [0.25, 0.3) is 16.9 Å². The first-order chi connectivity index (χ1) is 18.9. The van der Waals surface area contributed by atoms with Crippen LogP contribution in [-0.4, -0.2) is 48.4 Å². The third-order valence-electron chi connectivity index (χ3n) is 6.22. The monoisotopic (exact) mass is 580 g/mol. The molecule has 1 aromatic carbocycles. The van der Waals surface area contributed by atoms with Gasteiger partial charge in [-0.2, -0.15) is 18.2 Å².